The van der Waals surface area contributed by atoms with Gasteiger partial charge in [-0.1, -0.05) is 12.1 Å². The fourth-order valence-corrected chi connectivity index (χ4v) is 2.30. The lowest BCUT2D eigenvalue weighted by atomic mass is 10.0. The molecule has 8 nitrogen and oxygen atoms in total. The van der Waals surface area contributed by atoms with Crippen LogP contribution in [0.1, 0.15) is 35.7 Å². The minimum absolute atomic E-state index is 0.0318. The van der Waals surface area contributed by atoms with E-state index in [2.05, 4.69) is 20.6 Å². The lowest BCUT2D eigenvalue weighted by molar-refractivity contribution is -0.120. The van der Waals surface area contributed by atoms with Gasteiger partial charge < -0.3 is 20.7 Å². The Morgan fingerprint density at radius 3 is 2.52 bits per heavy atom. The highest BCUT2D eigenvalue weighted by Crippen LogP contribution is 2.18. The molecule has 0 unspecified atom stereocenters. The van der Waals surface area contributed by atoms with Gasteiger partial charge in [-0.25, -0.2) is 9.37 Å². The highest BCUT2D eigenvalue weighted by Gasteiger charge is 2.28. The molecule has 10 heteroatoms. The largest absolute Gasteiger partial charge is 0.501 e. The summed E-state index contributed by atoms with van der Waals surface area (Å²) >= 11 is 5.46. The average molecular weight is 397 g/mol. The van der Waals surface area contributed by atoms with Crippen molar-refractivity contribution in [2.45, 2.75) is 25.9 Å². The summed E-state index contributed by atoms with van der Waals surface area (Å²) in [6.07, 6.45) is 0. The number of aromatic amines is 1. The Hall–Kier alpha value is -2.94. The van der Waals surface area contributed by atoms with Gasteiger partial charge in [-0.3, -0.25) is 14.4 Å². The maximum absolute atomic E-state index is 12.9. The van der Waals surface area contributed by atoms with E-state index in [0.29, 0.717) is 5.56 Å². The number of aromatic hydroxyl groups is 1. The first kappa shape index (κ1) is 20.4. The summed E-state index contributed by atoms with van der Waals surface area (Å²) in [5.41, 5.74) is -1.96. The molecule has 0 aliphatic heterocycles. The quantitative estimate of drug-likeness (QED) is 0.545. The molecule has 0 atom stereocenters. The number of amides is 2. The van der Waals surface area contributed by atoms with Gasteiger partial charge in [-0.05, 0) is 31.5 Å². The van der Waals surface area contributed by atoms with Crippen molar-refractivity contribution >= 4 is 23.4 Å². The van der Waals surface area contributed by atoms with Gasteiger partial charge >= 0.3 is 0 Å². The number of nitrogens with one attached hydrogen (secondary N) is 3. The molecule has 144 valence electrons. The zero-order chi connectivity index (χ0) is 20.2. The third-order valence-corrected chi connectivity index (χ3v) is 3.88. The zero-order valence-corrected chi connectivity index (χ0v) is 15.4. The Labute approximate surface area is 158 Å². The summed E-state index contributed by atoms with van der Waals surface area (Å²) < 4.78 is 12.9. The minimum Gasteiger partial charge on any atom is -0.501 e. The summed E-state index contributed by atoms with van der Waals surface area (Å²) in [4.78, 5) is 42.2. The van der Waals surface area contributed by atoms with Crippen molar-refractivity contribution < 1.29 is 19.1 Å². The Bertz CT molecular complexity index is 912. The molecule has 0 aliphatic carbocycles. The molecule has 2 aromatic rings. The van der Waals surface area contributed by atoms with Crippen LogP contribution in [-0.2, 0) is 16.9 Å². The molecule has 0 aliphatic rings. The van der Waals surface area contributed by atoms with Gasteiger partial charge in [0.05, 0.1) is 5.54 Å². The molecule has 2 amide bonds. The van der Waals surface area contributed by atoms with Crippen LogP contribution in [0, 0.1) is 5.82 Å². The van der Waals surface area contributed by atoms with Crippen molar-refractivity contribution in [2.75, 3.05) is 5.88 Å². The Morgan fingerprint density at radius 2 is 1.93 bits per heavy atom. The molecule has 0 fully saturated rings. The molecule has 2 rings (SSSR count). The van der Waals surface area contributed by atoms with Crippen molar-refractivity contribution in [3.8, 4) is 5.75 Å². The Balaban J connectivity index is 2.26. The Kier molecular flexibility index (Phi) is 6.17. The number of carbonyl (C=O) groups excluding carboxylic acids is 2. The maximum atomic E-state index is 12.9. The predicted octanol–water partition coefficient (Wildman–Crippen LogP) is 1.13. The van der Waals surface area contributed by atoms with Crippen molar-refractivity contribution in [1.82, 2.24) is 20.6 Å². The number of H-pyrrole nitrogens is 1. The van der Waals surface area contributed by atoms with Gasteiger partial charge in [0.25, 0.3) is 11.5 Å². The summed E-state index contributed by atoms with van der Waals surface area (Å²) in [7, 11) is 0. The maximum Gasteiger partial charge on any atom is 0.294 e. The monoisotopic (exact) mass is 396 g/mol. The van der Waals surface area contributed by atoms with E-state index in [1.165, 1.54) is 24.3 Å². The lowest BCUT2D eigenvalue weighted by Gasteiger charge is -2.25. The minimum atomic E-state index is -1.15. The fraction of sp³-hybridized carbons (Fsp3) is 0.294. The molecule has 0 saturated heterocycles. The third kappa shape index (κ3) is 5.04. The van der Waals surface area contributed by atoms with Gasteiger partial charge in [0, 0.05) is 6.54 Å². The first-order valence-electron chi connectivity index (χ1n) is 7.87. The molecule has 27 heavy (non-hydrogen) atoms. The van der Waals surface area contributed by atoms with Crippen LogP contribution in [0.5, 0.6) is 5.75 Å². The van der Waals surface area contributed by atoms with Crippen molar-refractivity contribution in [1.29, 1.82) is 0 Å². The number of hydrogen-bond donors (Lipinski definition) is 4. The number of benzene rings is 1. The van der Waals surface area contributed by atoms with Gasteiger partial charge in [-0.15, -0.1) is 11.6 Å². The van der Waals surface area contributed by atoms with Crippen molar-refractivity contribution in [3.63, 3.8) is 0 Å². The summed E-state index contributed by atoms with van der Waals surface area (Å²) in [5, 5.41) is 14.9. The molecule has 0 saturated carbocycles. The van der Waals surface area contributed by atoms with E-state index in [0.717, 1.165) is 0 Å². The number of hydrogen-bond acceptors (Lipinski definition) is 5. The van der Waals surface area contributed by atoms with E-state index < -0.39 is 40.2 Å². The van der Waals surface area contributed by atoms with E-state index in [-0.39, 0.29) is 18.2 Å². The zero-order valence-electron chi connectivity index (χ0n) is 14.6. The van der Waals surface area contributed by atoms with Gasteiger partial charge in [-0.2, -0.15) is 0 Å². The SMILES string of the molecule is CC(C)(NC(=O)CCl)c1nc(C(=O)NCc2ccc(F)cc2)c(O)c(=O)[nH]1. The molecule has 1 aromatic carbocycles. The summed E-state index contributed by atoms with van der Waals surface area (Å²) in [6.45, 7) is 3.13. The highest BCUT2D eigenvalue weighted by molar-refractivity contribution is 6.27. The normalized spacial score (nSPS) is 11.1. The second-order valence-corrected chi connectivity index (χ2v) is 6.49. The highest BCUT2D eigenvalue weighted by atomic mass is 35.5. The molecular weight excluding hydrogens is 379 g/mol. The number of rotatable bonds is 6. The van der Waals surface area contributed by atoms with E-state index in [1.807, 2.05) is 0 Å². The molecule has 4 N–H and O–H groups in total. The first-order chi connectivity index (χ1) is 12.6. The van der Waals surface area contributed by atoms with E-state index >= 15 is 0 Å². The smallest absolute Gasteiger partial charge is 0.294 e. The van der Waals surface area contributed by atoms with E-state index in [9.17, 15) is 23.9 Å². The molecule has 1 heterocycles. The fourth-order valence-electron chi connectivity index (χ4n) is 2.23. The van der Waals surface area contributed by atoms with Crippen molar-refractivity contribution in [2.24, 2.45) is 0 Å². The van der Waals surface area contributed by atoms with Crippen molar-refractivity contribution in [3.05, 3.63) is 57.5 Å². The number of aromatic nitrogens is 2. The van der Waals surface area contributed by atoms with Crippen LogP contribution in [0.25, 0.3) is 0 Å². The van der Waals surface area contributed by atoms with Gasteiger partial charge in [0.15, 0.2) is 5.69 Å². The lowest BCUT2D eigenvalue weighted by Crippen LogP contribution is -2.44. The van der Waals surface area contributed by atoms with Crippen LogP contribution in [0.3, 0.4) is 0 Å². The molecule has 0 spiro atoms. The molecule has 0 bridgehead atoms. The second kappa shape index (κ2) is 8.17. The molecule has 1 aromatic heterocycles. The number of halogens is 2. The van der Waals surface area contributed by atoms with Gasteiger partial charge in [0.2, 0.25) is 11.7 Å². The van der Waals surface area contributed by atoms with E-state index in [4.69, 9.17) is 11.6 Å². The first-order valence-corrected chi connectivity index (χ1v) is 8.41. The number of nitrogens with zero attached hydrogens (tertiary/aromatic N) is 1. The summed E-state index contributed by atoms with van der Waals surface area (Å²) in [6, 6.07) is 5.45. The topological polar surface area (TPSA) is 124 Å². The molecule has 0 radical (unpaired) electrons. The van der Waals surface area contributed by atoms with Crippen LogP contribution in [-0.4, -0.2) is 32.8 Å². The Morgan fingerprint density at radius 1 is 1.30 bits per heavy atom. The number of alkyl halides is 1. The molecular formula is C17H18ClFN4O4. The number of carbonyl (C=O) groups is 2. The predicted molar refractivity (Wildman–Crippen MR) is 96.0 cm³/mol. The van der Waals surface area contributed by atoms with Crippen LogP contribution < -0.4 is 16.2 Å². The average Bonchev–Trinajstić information content (AvgIpc) is 2.62. The van der Waals surface area contributed by atoms with E-state index in [1.54, 1.807) is 13.8 Å². The van der Waals surface area contributed by atoms with Crippen LogP contribution >= 0.6 is 11.6 Å². The van der Waals surface area contributed by atoms with Gasteiger partial charge in [0.1, 0.15) is 17.5 Å². The van der Waals surface area contributed by atoms with Crippen LogP contribution in [0.15, 0.2) is 29.1 Å². The third-order valence-electron chi connectivity index (χ3n) is 3.64. The standard InChI is InChI=1S/C17H18ClFN4O4/c1-17(2,23-11(24)7-18)16-21-12(13(25)15(27)22-16)14(26)20-8-9-3-5-10(19)6-4-9/h3-6,25H,7-8H2,1-2H3,(H,20,26)(H,23,24)(H,21,22,27). The van der Waals surface area contributed by atoms with Crippen LogP contribution in [0.4, 0.5) is 4.39 Å². The second-order valence-electron chi connectivity index (χ2n) is 6.23. The summed E-state index contributed by atoms with van der Waals surface area (Å²) in [5.74, 6) is -2.89. The van der Waals surface area contributed by atoms with Crippen LogP contribution in [0.2, 0.25) is 0 Å².